The van der Waals surface area contributed by atoms with E-state index in [4.69, 9.17) is 9.47 Å². The zero-order valence-electron chi connectivity index (χ0n) is 15.7. The van der Waals surface area contributed by atoms with E-state index in [1.165, 1.54) is 0 Å². The number of ether oxygens (including phenoxy) is 2. The van der Waals surface area contributed by atoms with Gasteiger partial charge in [-0.15, -0.1) is 0 Å². The largest absolute Gasteiger partial charge is 0.481 e. The summed E-state index contributed by atoms with van der Waals surface area (Å²) in [6, 6.07) is 7.77. The number of nitrogens with one attached hydrogen (secondary N) is 1. The van der Waals surface area contributed by atoms with E-state index >= 15 is 0 Å². The second-order valence-corrected chi connectivity index (χ2v) is 8.07. The molecule has 146 valence electrons. The Labute approximate surface area is 158 Å². The molecule has 2 saturated heterocycles. The standard InChI is InChI=1S/C20H25NO6/c1-20(2,3)27-19(25)16(11-7-5-4-6-8-11)21-17(22)14-12-9-10-13(26-12)15(14)18(23)24/h4-8,12-16H,9-10H2,1-3H3,(H,21,22)(H,23,24)/t12-,13+,14+,15-,16?/m0/s1. The number of hydrogen-bond acceptors (Lipinski definition) is 5. The molecule has 0 aliphatic carbocycles. The Kier molecular flexibility index (Phi) is 5.24. The molecular weight excluding hydrogens is 350 g/mol. The van der Waals surface area contributed by atoms with Gasteiger partial charge in [-0.05, 0) is 39.2 Å². The first kappa shape index (κ1) is 19.4. The van der Waals surface area contributed by atoms with Crippen LogP contribution in [-0.4, -0.2) is 40.8 Å². The molecule has 0 aromatic heterocycles. The van der Waals surface area contributed by atoms with E-state index in [9.17, 15) is 19.5 Å². The Morgan fingerprint density at radius 1 is 1.11 bits per heavy atom. The first-order valence-corrected chi connectivity index (χ1v) is 9.14. The molecule has 7 heteroatoms. The second kappa shape index (κ2) is 7.31. The van der Waals surface area contributed by atoms with Gasteiger partial charge in [0.15, 0.2) is 6.04 Å². The van der Waals surface area contributed by atoms with E-state index in [0.717, 1.165) is 0 Å². The summed E-state index contributed by atoms with van der Waals surface area (Å²) >= 11 is 0. The zero-order valence-corrected chi connectivity index (χ0v) is 15.7. The third-order valence-electron chi connectivity index (χ3n) is 4.92. The minimum absolute atomic E-state index is 0.425. The van der Waals surface area contributed by atoms with Crippen LogP contribution >= 0.6 is 0 Å². The number of rotatable bonds is 5. The summed E-state index contributed by atoms with van der Waals surface area (Å²) in [5, 5.41) is 12.2. The molecule has 0 spiro atoms. The number of aliphatic carboxylic acids is 1. The van der Waals surface area contributed by atoms with E-state index in [1.54, 1.807) is 45.0 Å². The predicted molar refractivity (Wildman–Crippen MR) is 95.7 cm³/mol. The Morgan fingerprint density at radius 3 is 2.26 bits per heavy atom. The number of carbonyl (C=O) groups excluding carboxylic acids is 2. The fraction of sp³-hybridized carbons (Fsp3) is 0.550. The van der Waals surface area contributed by atoms with Crippen LogP contribution in [0.4, 0.5) is 0 Å². The fourth-order valence-electron chi connectivity index (χ4n) is 3.85. The summed E-state index contributed by atoms with van der Waals surface area (Å²) in [5.41, 5.74) is -0.135. The van der Waals surface area contributed by atoms with Crippen LogP contribution in [0.2, 0.25) is 0 Å². The summed E-state index contributed by atoms with van der Waals surface area (Å²) in [4.78, 5) is 37.3. The summed E-state index contributed by atoms with van der Waals surface area (Å²) in [7, 11) is 0. The number of carboxylic acids is 1. The summed E-state index contributed by atoms with van der Waals surface area (Å²) in [6.07, 6.45) is 0.417. The zero-order chi connectivity index (χ0) is 19.8. The van der Waals surface area contributed by atoms with E-state index in [1.807, 2.05) is 6.07 Å². The van der Waals surface area contributed by atoms with Crippen molar-refractivity contribution >= 4 is 17.8 Å². The monoisotopic (exact) mass is 375 g/mol. The van der Waals surface area contributed by atoms with E-state index in [2.05, 4.69) is 5.32 Å². The van der Waals surface area contributed by atoms with Gasteiger partial charge in [0.25, 0.3) is 0 Å². The van der Waals surface area contributed by atoms with Crippen molar-refractivity contribution in [2.75, 3.05) is 0 Å². The van der Waals surface area contributed by atoms with E-state index in [0.29, 0.717) is 18.4 Å². The lowest BCUT2D eigenvalue weighted by molar-refractivity contribution is -0.159. The van der Waals surface area contributed by atoms with Crippen LogP contribution in [0, 0.1) is 11.8 Å². The average molecular weight is 375 g/mol. The van der Waals surface area contributed by atoms with Crippen molar-refractivity contribution in [2.24, 2.45) is 11.8 Å². The van der Waals surface area contributed by atoms with Gasteiger partial charge in [0.05, 0.1) is 24.0 Å². The number of esters is 1. The number of fused-ring (bicyclic) bond motifs is 2. The highest BCUT2D eigenvalue weighted by Crippen LogP contribution is 2.44. The van der Waals surface area contributed by atoms with Gasteiger partial charge in [0.2, 0.25) is 5.91 Å². The molecule has 1 aromatic rings. The fourth-order valence-corrected chi connectivity index (χ4v) is 3.85. The van der Waals surface area contributed by atoms with Crippen molar-refractivity contribution in [1.29, 1.82) is 0 Å². The van der Waals surface area contributed by atoms with Crippen molar-refractivity contribution in [3.63, 3.8) is 0 Å². The molecule has 2 N–H and O–H groups in total. The van der Waals surface area contributed by atoms with Gasteiger partial charge in [-0.25, -0.2) is 4.79 Å². The molecule has 1 aromatic carbocycles. The van der Waals surface area contributed by atoms with Crippen LogP contribution in [0.1, 0.15) is 45.2 Å². The summed E-state index contributed by atoms with van der Waals surface area (Å²) in [5.74, 6) is -3.82. The van der Waals surface area contributed by atoms with Crippen LogP contribution in [-0.2, 0) is 23.9 Å². The number of amides is 1. The number of carbonyl (C=O) groups is 3. The van der Waals surface area contributed by atoms with Crippen molar-refractivity contribution in [3.05, 3.63) is 35.9 Å². The molecule has 7 nitrogen and oxygen atoms in total. The molecule has 0 saturated carbocycles. The molecular formula is C20H25NO6. The van der Waals surface area contributed by atoms with Gasteiger partial charge >= 0.3 is 11.9 Å². The maximum Gasteiger partial charge on any atom is 0.333 e. The maximum atomic E-state index is 12.9. The first-order chi connectivity index (χ1) is 12.7. The predicted octanol–water partition coefficient (Wildman–Crippen LogP) is 2.06. The Hall–Kier alpha value is -2.41. The minimum atomic E-state index is -1.05. The van der Waals surface area contributed by atoms with Crippen LogP contribution in [0.5, 0.6) is 0 Å². The maximum absolute atomic E-state index is 12.9. The van der Waals surface area contributed by atoms with Gasteiger partial charge in [-0.2, -0.15) is 0 Å². The van der Waals surface area contributed by atoms with Crippen LogP contribution < -0.4 is 5.32 Å². The van der Waals surface area contributed by atoms with Crippen molar-refractivity contribution in [3.8, 4) is 0 Å². The van der Waals surface area contributed by atoms with Crippen LogP contribution in [0.3, 0.4) is 0 Å². The van der Waals surface area contributed by atoms with Crippen molar-refractivity contribution < 1.29 is 29.0 Å². The molecule has 1 unspecified atom stereocenters. The molecule has 3 rings (SSSR count). The molecule has 2 aliphatic rings. The van der Waals surface area contributed by atoms with Crippen LogP contribution in [0.25, 0.3) is 0 Å². The first-order valence-electron chi connectivity index (χ1n) is 9.14. The van der Waals surface area contributed by atoms with Gasteiger partial charge in [0, 0.05) is 0 Å². The highest BCUT2D eigenvalue weighted by molar-refractivity contribution is 5.90. The molecule has 27 heavy (non-hydrogen) atoms. The van der Waals surface area contributed by atoms with E-state index in [-0.39, 0.29) is 0 Å². The highest BCUT2D eigenvalue weighted by Gasteiger charge is 2.56. The molecule has 1 amide bonds. The normalized spacial score (nSPS) is 27.8. The molecule has 2 aliphatic heterocycles. The molecule has 2 bridgehead atoms. The smallest absolute Gasteiger partial charge is 0.333 e. The van der Waals surface area contributed by atoms with Gasteiger partial charge in [-0.1, -0.05) is 30.3 Å². The SMILES string of the molecule is CC(C)(C)OC(=O)C(NC(=O)[C@H]1[C@@H](C(=O)O)[C@H]2CC[C@@H]1O2)c1ccccc1. The lowest BCUT2D eigenvalue weighted by Crippen LogP contribution is -2.47. The highest BCUT2D eigenvalue weighted by atomic mass is 16.6. The lowest BCUT2D eigenvalue weighted by atomic mass is 9.78. The number of carboxylic acid groups (broad SMARTS) is 1. The van der Waals surface area contributed by atoms with Crippen molar-refractivity contribution in [1.82, 2.24) is 5.32 Å². The summed E-state index contributed by atoms with van der Waals surface area (Å²) < 4.78 is 11.1. The Balaban J connectivity index is 1.82. The number of hydrogen-bond donors (Lipinski definition) is 2. The molecule has 5 atom stereocenters. The van der Waals surface area contributed by atoms with Gasteiger partial charge < -0.3 is 19.9 Å². The topological polar surface area (TPSA) is 102 Å². The molecule has 2 heterocycles. The van der Waals surface area contributed by atoms with Crippen LogP contribution in [0.15, 0.2) is 30.3 Å². The van der Waals surface area contributed by atoms with E-state index < -0.39 is 53.5 Å². The van der Waals surface area contributed by atoms with Crippen molar-refractivity contribution in [2.45, 2.75) is 57.5 Å². The molecule has 2 fully saturated rings. The average Bonchev–Trinajstić information content (AvgIpc) is 3.19. The quantitative estimate of drug-likeness (QED) is 0.764. The number of benzene rings is 1. The Morgan fingerprint density at radius 2 is 1.70 bits per heavy atom. The van der Waals surface area contributed by atoms with Gasteiger partial charge in [-0.3, -0.25) is 9.59 Å². The second-order valence-electron chi connectivity index (χ2n) is 8.07. The lowest BCUT2D eigenvalue weighted by Gasteiger charge is -2.28. The Bertz CT molecular complexity index is 726. The molecule has 0 radical (unpaired) electrons. The third-order valence-corrected chi connectivity index (χ3v) is 4.92. The van der Waals surface area contributed by atoms with Gasteiger partial charge in [0.1, 0.15) is 5.60 Å². The third kappa shape index (κ3) is 4.13. The summed E-state index contributed by atoms with van der Waals surface area (Å²) in [6.45, 7) is 5.25. The minimum Gasteiger partial charge on any atom is -0.481 e.